The van der Waals surface area contributed by atoms with E-state index in [1.807, 2.05) is 0 Å². The molecule has 0 saturated carbocycles. The summed E-state index contributed by atoms with van der Waals surface area (Å²) in [6.45, 7) is 0. The molecule has 0 radical (unpaired) electrons. The lowest BCUT2D eigenvalue weighted by atomic mass is 10.2. The molecule has 0 saturated heterocycles. The summed E-state index contributed by atoms with van der Waals surface area (Å²) in [4.78, 5) is 11.1. The van der Waals surface area contributed by atoms with Crippen molar-refractivity contribution in [1.82, 2.24) is 0 Å². The highest BCUT2D eigenvalue weighted by molar-refractivity contribution is 9.10. The number of anilines is 1. The Kier molecular flexibility index (Phi) is 3.17. The van der Waals surface area contributed by atoms with Gasteiger partial charge in [-0.25, -0.2) is 4.79 Å². The van der Waals surface area contributed by atoms with Gasteiger partial charge < -0.3 is 10.5 Å². The normalized spacial score (nSPS) is 9.77. The molecule has 2 N–H and O–H groups in total. The SMILES string of the molecule is COC(=O)c1ccc(Br)c(Cl)c1N. The van der Waals surface area contributed by atoms with Crippen LogP contribution in [-0.2, 0) is 4.74 Å². The van der Waals surface area contributed by atoms with Gasteiger partial charge in [-0.3, -0.25) is 0 Å². The van der Waals surface area contributed by atoms with Gasteiger partial charge in [-0.05, 0) is 28.1 Å². The van der Waals surface area contributed by atoms with Crippen LogP contribution in [0.15, 0.2) is 16.6 Å². The molecule has 5 heteroatoms. The topological polar surface area (TPSA) is 52.3 Å². The van der Waals surface area contributed by atoms with Gasteiger partial charge >= 0.3 is 5.97 Å². The molecule has 13 heavy (non-hydrogen) atoms. The van der Waals surface area contributed by atoms with Crippen LogP contribution < -0.4 is 5.73 Å². The number of carbonyl (C=O) groups excluding carboxylic acids is 1. The van der Waals surface area contributed by atoms with Crippen LogP contribution >= 0.6 is 27.5 Å². The highest BCUT2D eigenvalue weighted by Crippen LogP contribution is 2.31. The summed E-state index contributed by atoms with van der Waals surface area (Å²) in [5.41, 5.74) is 6.10. The summed E-state index contributed by atoms with van der Waals surface area (Å²) < 4.78 is 5.17. The Hall–Kier alpha value is -0.740. The van der Waals surface area contributed by atoms with Gasteiger partial charge in [0.1, 0.15) is 0 Å². The highest BCUT2D eigenvalue weighted by Gasteiger charge is 2.13. The largest absolute Gasteiger partial charge is 0.465 e. The van der Waals surface area contributed by atoms with Crippen LogP contribution in [0.2, 0.25) is 5.02 Å². The number of hydrogen-bond acceptors (Lipinski definition) is 3. The van der Waals surface area contributed by atoms with Crippen molar-refractivity contribution in [3.8, 4) is 0 Å². The number of hydrogen-bond donors (Lipinski definition) is 1. The number of halogens is 2. The van der Waals surface area contributed by atoms with Crippen molar-refractivity contribution in [1.29, 1.82) is 0 Å². The summed E-state index contributed by atoms with van der Waals surface area (Å²) >= 11 is 8.99. The zero-order chi connectivity index (χ0) is 10.0. The van der Waals surface area contributed by atoms with Crippen molar-refractivity contribution in [2.45, 2.75) is 0 Å². The molecule has 70 valence electrons. The van der Waals surface area contributed by atoms with Gasteiger partial charge in [0.15, 0.2) is 0 Å². The Morgan fingerprint density at radius 2 is 2.23 bits per heavy atom. The van der Waals surface area contributed by atoms with Crippen molar-refractivity contribution in [2.75, 3.05) is 12.8 Å². The minimum Gasteiger partial charge on any atom is -0.465 e. The summed E-state index contributed by atoms with van der Waals surface area (Å²) in [5.74, 6) is -0.494. The van der Waals surface area contributed by atoms with Crippen LogP contribution in [0.1, 0.15) is 10.4 Å². The molecule has 0 spiro atoms. The molecular formula is C8H7BrClNO2. The monoisotopic (exact) mass is 263 g/mol. The average Bonchev–Trinajstić information content (AvgIpc) is 2.13. The van der Waals surface area contributed by atoms with Crippen LogP contribution in [0, 0.1) is 0 Å². The Balaban J connectivity index is 3.26. The molecule has 1 aromatic carbocycles. The molecule has 0 aliphatic heterocycles. The molecule has 0 aromatic heterocycles. The van der Waals surface area contributed by atoms with Crippen molar-refractivity contribution in [2.24, 2.45) is 0 Å². The molecule has 0 amide bonds. The van der Waals surface area contributed by atoms with Gasteiger partial charge in [-0.15, -0.1) is 0 Å². The van der Waals surface area contributed by atoms with Crippen molar-refractivity contribution in [3.63, 3.8) is 0 Å². The summed E-state index contributed by atoms with van der Waals surface area (Å²) in [6.07, 6.45) is 0. The number of ether oxygens (including phenoxy) is 1. The summed E-state index contributed by atoms with van der Waals surface area (Å²) in [6, 6.07) is 3.20. The molecule has 1 aromatic rings. The number of esters is 1. The first-order valence-electron chi connectivity index (χ1n) is 3.39. The molecule has 0 unspecified atom stereocenters. The Morgan fingerprint density at radius 3 is 2.77 bits per heavy atom. The molecule has 0 aliphatic carbocycles. The van der Waals surface area contributed by atoms with E-state index in [1.165, 1.54) is 7.11 Å². The van der Waals surface area contributed by atoms with Crippen molar-refractivity contribution in [3.05, 3.63) is 27.2 Å². The maximum absolute atomic E-state index is 11.1. The minimum atomic E-state index is -0.494. The average molecular weight is 265 g/mol. The fourth-order valence-corrected chi connectivity index (χ4v) is 1.36. The molecule has 3 nitrogen and oxygen atoms in total. The number of methoxy groups -OCH3 is 1. The fourth-order valence-electron chi connectivity index (χ4n) is 0.854. The van der Waals surface area contributed by atoms with Crippen molar-refractivity contribution < 1.29 is 9.53 Å². The van der Waals surface area contributed by atoms with Crippen LogP contribution in [0.3, 0.4) is 0 Å². The maximum Gasteiger partial charge on any atom is 0.340 e. The molecule has 0 heterocycles. The van der Waals surface area contributed by atoms with E-state index in [9.17, 15) is 4.79 Å². The first kappa shape index (κ1) is 10.3. The lowest BCUT2D eigenvalue weighted by Gasteiger charge is -2.06. The van der Waals surface area contributed by atoms with E-state index in [-0.39, 0.29) is 11.3 Å². The number of nitrogen functional groups attached to an aromatic ring is 1. The summed E-state index contributed by atoms with van der Waals surface area (Å²) in [7, 11) is 1.29. The maximum atomic E-state index is 11.1. The van der Waals surface area contributed by atoms with Crippen LogP contribution in [0.5, 0.6) is 0 Å². The standard InChI is InChI=1S/C8H7BrClNO2/c1-13-8(12)4-2-3-5(9)6(10)7(4)11/h2-3H,11H2,1H3. The molecule has 0 atom stereocenters. The minimum absolute atomic E-state index is 0.225. The number of rotatable bonds is 1. The predicted molar refractivity (Wildman–Crippen MR) is 54.9 cm³/mol. The van der Waals surface area contributed by atoms with Gasteiger partial charge in [0, 0.05) is 4.47 Å². The number of benzene rings is 1. The first-order chi connectivity index (χ1) is 6.07. The van der Waals surface area contributed by atoms with E-state index >= 15 is 0 Å². The Bertz CT molecular complexity index is 354. The molecule has 1 rings (SSSR count). The summed E-state index contributed by atoms with van der Waals surface area (Å²) in [5, 5.41) is 0.322. The molecule has 0 bridgehead atoms. The molecule has 0 fully saturated rings. The van der Waals surface area contributed by atoms with Crippen LogP contribution in [0.4, 0.5) is 5.69 Å². The van der Waals surface area contributed by atoms with Gasteiger partial charge in [0.2, 0.25) is 0 Å². The predicted octanol–water partition coefficient (Wildman–Crippen LogP) is 2.47. The zero-order valence-corrected chi connectivity index (χ0v) is 9.15. The van der Waals surface area contributed by atoms with E-state index in [2.05, 4.69) is 20.7 Å². The lowest BCUT2D eigenvalue weighted by molar-refractivity contribution is 0.0602. The molecular weight excluding hydrogens is 257 g/mol. The lowest BCUT2D eigenvalue weighted by Crippen LogP contribution is -2.05. The molecule has 0 aliphatic rings. The van der Waals surface area contributed by atoms with E-state index < -0.39 is 5.97 Å². The number of carbonyl (C=O) groups is 1. The van der Waals surface area contributed by atoms with Gasteiger partial charge in [-0.2, -0.15) is 0 Å². The third-order valence-corrected chi connectivity index (χ3v) is 2.83. The second kappa shape index (κ2) is 3.98. The quantitative estimate of drug-likeness (QED) is 0.626. The second-order valence-electron chi connectivity index (χ2n) is 2.31. The van der Waals surface area contributed by atoms with Gasteiger partial charge in [0.25, 0.3) is 0 Å². The van der Waals surface area contributed by atoms with Crippen LogP contribution in [-0.4, -0.2) is 13.1 Å². The highest BCUT2D eigenvalue weighted by atomic mass is 79.9. The van der Waals surface area contributed by atoms with Gasteiger partial charge in [0.05, 0.1) is 23.4 Å². The van der Waals surface area contributed by atoms with E-state index in [1.54, 1.807) is 12.1 Å². The Morgan fingerprint density at radius 1 is 1.62 bits per heavy atom. The van der Waals surface area contributed by atoms with E-state index in [0.29, 0.717) is 9.50 Å². The Labute approximate surface area is 88.9 Å². The first-order valence-corrected chi connectivity index (χ1v) is 4.56. The van der Waals surface area contributed by atoms with Gasteiger partial charge in [-0.1, -0.05) is 11.6 Å². The smallest absolute Gasteiger partial charge is 0.340 e. The number of nitrogens with two attached hydrogens (primary N) is 1. The third-order valence-electron chi connectivity index (χ3n) is 1.54. The van der Waals surface area contributed by atoms with E-state index in [4.69, 9.17) is 17.3 Å². The third kappa shape index (κ3) is 1.95. The zero-order valence-electron chi connectivity index (χ0n) is 6.80. The van der Waals surface area contributed by atoms with Crippen molar-refractivity contribution >= 4 is 39.2 Å². The fraction of sp³-hybridized carbons (Fsp3) is 0.125. The second-order valence-corrected chi connectivity index (χ2v) is 3.55. The van der Waals surface area contributed by atoms with Crippen LogP contribution in [0.25, 0.3) is 0 Å². The van der Waals surface area contributed by atoms with E-state index in [0.717, 1.165) is 0 Å².